The second-order valence-electron chi connectivity index (χ2n) is 4.62. The Morgan fingerprint density at radius 1 is 1.25 bits per heavy atom. The standard InChI is InChI=1S/C14H12F3N3/c1-9(2)20-13(5-6-19-20)12-7-11(14(15,16)17)4-3-10(12)8-18/h3-7,9H,1-2H3. The average Bonchev–Trinajstić information content (AvgIpc) is 2.86. The van der Waals surface area contributed by atoms with Crippen LogP contribution in [0.5, 0.6) is 0 Å². The van der Waals surface area contributed by atoms with E-state index in [1.54, 1.807) is 10.7 Å². The summed E-state index contributed by atoms with van der Waals surface area (Å²) in [4.78, 5) is 0. The molecule has 0 N–H and O–H groups in total. The molecule has 0 aliphatic heterocycles. The minimum Gasteiger partial charge on any atom is -0.262 e. The van der Waals surface area contributed by atoms with E-state index in [2.05, 4.69) is 5.10 Å². The highest BCUT2D eigenvalue weighted by atomic mass is 19.4. The molecule has 0 unspecified atom stereocenters. The number of hydrogen-bond donors (Lipinski definition) is 0. The predicted molar refractivity (Wildman–Crippen MR) is 67.8 cm³/mol. The van der Waals surface area contributed by atoms with Gasteiger partial charge in [0.25, 0.3) is 0 Å². The molecule has 0 saturated heterocycles. The van der Waals surface area contributed by atoms with Crippen LogP contribution in [0.2, 0.25) is 0 Å². The highest BCUT2D eigenvalue weighted by Crippen LogP contribution is 2.34. The summed E-state index contributed by atoms with van der Waals surface area (Å²) >= 11 is 0. The number of benzene rings is 1. The number of aromatic nitrogens is 2. The number of nitriles is 1. The first-order valence-corrected chi connectivity index (χ1v) is 6.00. The van der Waals surface area contributed by atoms with Crippen molar-refractivity contribution in [3.63, 3.8) is 0 Å². The first kappa shape index (κ1) is 14.1. The zero-order valence-electron chi connectivity index (χ0n) is 10.9. The van der Waals surface area contributed by atoms with Crippen molar-refractivity contribution in [3.8, 4) is 17.3 Å². The summed E-state index contributed by atoms with van der Waals surface area (Å²) in [6.07, 6.45) is -2.93. The average molecular weight is 279 g/mol. The van der Waals surface area contributed by atoms with E-state index in [4.69, 9.17) is 5.26 Å². The van der Waals surface area contributed by atoms with Crippen molar-refractivity contribution in [2.45, 2.75) is 26.1 Å². The van der Waals surface area contributed by atoms with Gasteiger partial charge in [0, 0.05) is 17.8 Å². The smallest absolute Gasteiger partial charge is 0.262 e. The number of rotatable bonds is 2. The van der Waals surface area contributed by atoms with Crippen LogP contribution in [0, 0.1) is 11.3 Å². The van der Waals surface area contributed by atoms with Gasteiger partial charge in [0.1, 0.15) is 0 Å². The third-order valence-electron chi connectivity index (χ3n) is 2.90. The fourth-order valence-corrected chi connectivity index (χ4v) is 1.97. The second-order valence-corrected chi connectivity index (χ2v) is 4.62. The summed E-state index contributed by atoms with van der Waals surface area (Å²) in [5.74, 6) is 0. The highest BCUT2D eigenvalue weighted by Gasteiger charge is 2.31. The molecule has 0 spiro atoms. The van der Waals surface area contributed by atoms with Gasteiger partial charge in [0.15, 0.2) is 0 Å². The summed E-state index contributed by atoms with van der Waals surface area (Å²) in [5.41, 5.74) is 0.166. The van der Waals surface area contributed by atoms with E-state index in [0.717, 1.165) is 12.1 Å². The van der Waals surface area contributed by atoms with E-state index in [1.807, 2.05) is 19.9 Å². The lowest BCUT2D eigenvalue weighted by molar-refractivity contribution is -0.137. The van der Waals surface area contributed by atoms with Gasteiger partial charge in [-0.25, -0.2) is 0 Å². The maximum Gasteiger partial charge on any atom is 0.416 e. The molecule has 0 aliphatic rings. The van der Waals surface area contributed by atoms with Crippen molar-refractivity contribution >= 4 is 0 Å². The van der Waals surface area contributed by atoms with E-state index in [9.17, 15) is 13.2 Å². The maximum absolute atomic E-state index is 12.8. The lowest BCUT2D eigenvalue weighted by Gasteiger charge is -2.14. The highest BCUT2D eigenvalue weighted by molar-refractivity contribution is 5.68. The van der Waals surface area contributed by atoms with Crippen molar-refractivity contribution < 1.29 is 13.2 Å². The first-order valence-electron chi connectivity index (χ1n) is 6.00. The van der Waals surface area contributed by atoms with E-state index >= 15 is 0 Å². The lowest BCUT2D eigenvalue weighted by atomic mass is 10.0. The van der Waals surface area contributed by atoms with Crippen molar-refractivity contribution in [3.05, 3.63) is 41.6 Å². The largest absolute Gasteiger partial charge is 0.416 e. The number of halogens is 3. The summed E-state index contributed by atoms with van der Waals surface area (Å²) in [5, 5.41) is 13.2. The Bertz CT molecular complexity index is 663. The van der Waals surface area contributed by atoms with Crippen LogP contribution in [-0.2, 0) is 6.18 Å². The molecule has 104 valence electrons. The van der Waals surface area contributed by atoms with Gasteiger partial charge in [-0.15, -0.1) is 0 Å². The van der Waals surface area contributed by atoms with Crippen LogP contribution in [-0.4, -0.2) is 9.78 Å². The molecule has 0 atom stereocenters. The van der Waals surface area contributed by atoms with Crippen molar-refractivity contribution in [1.82, 2.24) is 9.78 Å². The van der Waals surface area contributed by atoms with Gasteiger partial charge in [-0.05, 0) is 38.1 Å². The fraction of sp³-hybridized carbons (Fsp3) is 0.286. The molecule has 0 amide bonds. The zero-order valence-corrected chi connectivity index (χ0v) is 10.9. The molecule has 6 heteroatoms. The molecule has 0 aliphatic carbocycles. The van der Waals surface area contributed by atoms with Crippen LogP contribution in [0.25, 0.3) is 11.3 Å². The lowest BCUT2D eigenvalue weighted by Crippen LogP contribution is -2.08. The predicted octanol–water partition coefficient (Wildman–Crippen LogP) is 4.02. The van der Waals surface area contributed by atoms with Gasteiger partial charge in [-0.2, -0.15) is 23.5 Å². The van der Waals surface area contributed by atoms with E-state index < -0.39 is 11.7 Å². The third kappa shape index (κ3) is 2.52. The molecule has 2 rings (SSSR count). The van der Waals surface area contributed by atoms with Crippen molar-refractivity contribution in [2.75, 3.05) is 0 Å². The maximum atomic E-state index is 12.8. The monoisotopic (exact) mass is 279 g/mol. The number of alkyl halides is 3. The normalized spacial score (nSPS) is 11.7. The Kier molecular flexibility index (Phi) is 3.53. The van der Waals surface area contributed by atoms with Crippen LogP contribution in [0.1, 0.15) is 31.0 Å². The molecule has 2 aromatic rings. The topological polar surface area (TPSA) is 41.6 Å². The van der Waals surface area contributed by atoms with Crippen LogP contribution >= 0.6 is 0 Å². The van der Waals surface area contributed by atoms with Gasteiger partial charge in [-0.1, -0.05) is 0 Å². The molecule has 0 bridgehead atoms. The summed E-state index contributed by atoms with van der Waals surface area (Å²) in [7, 11) is 0. The van der Waals surface area contributed by atoms with Gasteiger partial charge < -0.3 is 0 Å². The fourth-order valence-electron chi connectivity index (χ4n) is 1.97. The number of nitrogens with zero attached hydrogens (tertiary/aromatic N) is 3. The number of hydrogen-bond acceptors (Lipinski definition) is 2. The molecule has 0 saturated carbocycles. The Hall–Kier alpha value is -2.29. The van der Waals surface area contributed by atoms with Gasteiger partial charge in [0.05, 0.1) is 22.9 Å². The molecular weight excluding hydrogens is 267 g/mol. The molecule has 3 nitrogen and oxygen atoms in total. The van der Waals surface area contributed by atoms with Crippen molar-refractivity contribution in [1.29, 1.82) is 5.26 Å². The van der Waals surface area contributed by atoms with Gasteiger partial charge >= 0.3 is 6.18 Å². The molecule has 1 aromatic carbocycles. The molecule has 20 heavy (non-hydrogen) atoms. The molecule has 0 radical (unpaired) electrons. The minimum absolute atomic E-state index is 0.0129. The molecule has 1 heterocycles. The molecule has 0 fully saturated rings. The van der Waals surface area contributed by atoms with E-state index in [1.165, 1.54) is 12.3 Å². The van der Waals surface area contributed by atoms with Gasteiger partial charge in [-0.3, -0.25) is 4.68 Å². The Morgan fingerprint density at radius 2 is 1.95 bits per heavy atom. The van der Waals surface area contributed by atoms with E-state index in [0.29, 0.717) is 5.69 Å². The molecular formula is C14H12F3N3. The Morgan fingerprint density at radius 3 is 2.50 bits per heavy atom. The molecule has 1 aromatic heterocycles. The quantitative estimate of drug-likeness (QED) is 0.833. The van der Waals surface area contributed by atoms with Gasteiger partial charge in [0.2, 0.25) is 0 Å². The minimum atomic E-state index is -4.44. The Balaban J connectivity index is 2.66. The summed E-state index contributed by atoms with van der Waals surface area (Å²) in [6.45, 7) is 3.74. The van der Waals surface area contributed by atoms with E-state index in [-0.39, 0.29) is 17.2 Å². The first-order chi connectivity index (χ1) is 9.34. The SMILES string of the molecule is CC(C)n1nccc1-c1cc(C(F)(F)F)ccc1C#N. The summed E-state index contributed by atoms with van der Waals surface area (Å²) < 4.78 is 40.0. The van der Waals surface area contributed by atoms with Crippen molar-refractivity contribution in [2.24, 2.45) is 0 Å². The summed E-state index contributed by atoms with van der Waals surface area (Å²) in [6, 6.07) is 6.61. The third-order valence-corrected chi connectivity index (χ3v) is 2.90. The Labute approximate surface area is 114 Å². The van der Waals surface area contributed by atoms with Crippen LogP contribution in [0.15, 0.2) is 30.5 Å². The van der Waals surface area contributed by atoms with Crippen LogP contribution in [0.4, 0.5) is 13.2 Å². The second kappa shape index (κ2) is 5.00. The zero-order chi connectivity index (χ0) is 14.9. The van der Waals surface area contributed by atoms with Crippen LogP contribution in [0.3, 0.4) is 0 Å². The van der Waals surface area contributed by atoms with Crippen LogP contribution < -0.4 is 0 Å².